The Hall–Kier alpha value is -3.27. The first kappa shape index (κ1) is 22.5. The van der Waals surface area contributed by atoms with E-state index in [1.807, 2.05) is 23.9 Å². The van der Waals surface area contributed by atoms with Crippen molar-refractivity contribution in [2.24, 2.45) is 0 Å². The fourth-order valence-corrected chi connectivity index (χ4v) is 6.86. The summed E-state index contributed by atoms with van der Waals surface area (Å²) in [6.07, 6.45) is 4.28. The van der Waals surface area contributed by atoms with Crippen molar-refractivity contribution < 1.29 is 0 Å². The van der Waals surface area contributed by atoms with E-state index in [0.717, 1.165) is 25.1 Å². The van der Waals surface area contributed by atoms with E-state index in [2.05, 4.69) is 110 Å². The second-order valence-electron chi connectivity index (χ2n) is 8.92. The molecule has 170 valence electrons. The number of benzene rings is 4. The number of rotatable bonds is 8. The molecule has 0 fully saturated rings. The van der Waals surface area contributed by atoms with Crippen LogP contribution in [0.4, 0.5) is 11.4 Å². The second-order valence-corrected chi connectivity index (χ2v) is 10.0. The number of nitrogens with two attached hydrogens (primary N) is 1. The van der Waals surface area contributed by atoms with E-state index in [1.54, 1.807) is 0 Å². The Morgan fingerprint density at radius 3 is 2.03 bits per heavy atom. The van der Waals surface area contributed by atoms with Gasteiger partial charge in [-0.3, -0.25) is 0 Å². The molecule has 4 aromatic carbocycles. The molecule has 5 rings (SSSR count). The van der Waals surface area contributed by atoms with E-state index >= 15 is 0 Å². The highest BCUT2D eigenvalue weighted by molar-refractivity contribution is 8.00. The lowest BCUT2D eigenvalue weighted by Crippen LogP contribution is -2.44. The maximum atomic E-state index is 6.48. The van der Waals surface area contributed by atoms with Gasteiger partial charge in [0.15, 0.2) is 11.1 Å². The summed E-state index contributed by atoms with van der Waals surface area (Å²) in [5, 5.41) is 0.169. The lowest BCUT2D eigenvalue weighted by Gasteiger charge is -2.36. The zero-order valence-electron chi connectivity index (χ0n) is 19.4. The van der Waals surface area contributed by atoms with Crippen molar-refractivity contribution in [3.8, 4) is 0 Å². The topological polar surface area (TPSA) is 26.0 Å². The Morgan fingerprint density at radius 2 is 1.38 bits per heavy atom. The normalized spacial score (nSPS) is 19.1. The first-order valence-corrected chi connectivity index (χ1v) is 12.8. The molecule has 0 saturated heterocycles. The number of para-hydroxylation sites is 2. The minimum absolute atomic E-state index is 0.169. The Morgan fingerprint density at radius 1 is 0.794 bits per heavy atom. The van der Waals surface area contributed by atoms with Gasteiger partial charge in [-0.25, -0.2) is 4.48 Å². The monoisotopic (exact) mass is 463 g/mol. The average Bonchev–Trinajstić information content (AvgIpc) is 3.22. The number of quaternary nitrogens is 1. The van der Waals surface area contributed by atoms with Gasteiger partial charge in [-0.1, -0.05) is 103 Å². The third-order valence-corrected chi connectivity index (χ3v) is 8.44. The van der Waals surface area contributed by atoms with Crippen LogP contribution in [0.5, 0.6) is 0 Å². The van der Waals surface area contributed by atoms with E-state index in [-0.39, 0.29) is 5.37 Å². The highest BCUT2D eigenvalue weighted by Crippen LogP contribution is 2.57. The highest BCUT2D eigenvalue weighted by Gasteiger charge is 2.47. The molecule has 0 radical (unpaired) electrons. The van der Waals surface area contributed by atoms with Crippen LogP contribution in [0, 0.1) is 0 Å². The van der Waals surface area contributed by atoms with Gasteiger partial charge in [0, 0.05) is 23.2 Å². The maximum Gasteiger partial charge on any atom is 0.177 e. The first-order valence-electron chi connectivity index (χ1n) is 11.9. The van der Waals surface area contributed by atoms with E-state index in [4.69, 9.17) is 5.73 Å². The van der Waals surface area contributed by atoms with Crippen molar-refractivity contribution in [3.05, 3.63) is 139 Å². The van der Waals surface area contributed by atoms with Gasteiger partial charge in [0.25, 0.3) is 0 Å². The van der Waals surface area contributed by atoms with Crippen molar-refractivity contribution in [1.29, 1.82) is 0 Å². The summed E-state index contributed by atoms with van der Waals surface area (Å²) in [6, 6.07) is 38.8. The molecule has 0 bridgehead atoms. The number of hydrogen-bond donors (Lipinski definition) is 1. The van der Waals surface area contributed by atoms with Crippen LogP contribution in [0.2, 0.25) is 0 Å². The molecule has 1 aliphatic heterocycles. The van der Waals surface area contributed by atoms with Gasteiger partial charge in [-0.05, 0) is 42.7 Å². The van der Waals surface area contributed by atoms with Crippen LogP contribution in [0.25, 0.3) is 0 Å². The van der Waals surface area contributed by atoms with Gasteiger partial charge in [0.1, 0.15) is 0 Å². The summed E-state index contributed by atoms with van der Waals surface area (Å²) in [5.41, 5.74) is 12.6. The summed E-state index contributed by atoms with van der Waals surface area (Å²) < 4.78 is 0.714. The molecule has 0 aromatic heterocycles. The second kappa shape index (κ2) is 9.92. The van der Waals surface area contributed by atoms with Crippen molar-refractivity contribution in [1.82, 2.24) is 4.48 Å². The van der Waals surface area contributed by atoms with E-state index in [1.165, 1.54) is 27.3 Å². The van der Waals surface area contributed by atoms with E-state index in [0.29, 0.717) is 10.4 Å². The summed E-state index contributed by atoms with van der Waals surface area (Å²) in [6.45, 7) is 5.33. The zero-order chi connectivity index (χ0) is 23.4. The number of thioether (sulfide) groups is 1. The Labute approximate surface area is 207 Å². The van der Waals surface area contributed by atoms with Crippen LogP contribution in [-0.4, -0.2) is 6.54 Å². The Bertz CT molecular complexity index is 1220. The van der Waals surface area contributed by atoms with Gasteiger partial charge in [-0.2, -0.15) is 0 Å². The number of nitrogens with zero attached hydrogens (tertiary/aromatic N) is 1. The summed E-state index contributed by atoms with van der Waals surface area (Å²) in [5.74, 6) is 0.373. The highest BCUT2D eigenvalue weighted by atomic mass is 32.2. The molecular weight excluding hydrogens is 432 g/mol. The first-order chi connectivity index (χ1) is 16.7. The van der Waals surface area contributed by atoms with Crippen LogP contribution in [0.1, 0.15) is 40.8 Å². The predicted molar refractivity (Wildman–Crippen MR) is 147 cm³/mol. The van der Waals surface area contributed by atoms with Crippen LogP contribution in [-0.2, 0) is 0 Å². The predicted octanol–water partition coefficient (Wildman–Crippen LogP) is 8.14. The van der Waals surface area contributed by atoms with Gasteiger partial charge in [0.2, 0.25) is 0 Å². The van der Waals surface area contributed by atoms with Gasteiger partial charge in [-0.15, -0.1) is 0 Å². The summed E-state index contributed by atoms with van der Waals surface area (Å²) >= 11 is 1.91. The fourth-order valence-electron chi connectivity index (χ4n) is 5.27. The van der Waals surface area contributed by atoms with Crippen molar-refractivity contribution >= 4 is 23.1 Å². The standard InChI is InChI=1S/C31H31N2S/c1-2-33(23-13-19-26(24-14-5-3-6-15-24)25-16-7-4-8-17-25)29-21-11-12-22-30(29)34-31(33)27-18-9-10-20-28(27)32/h2-12,14-18,20-22,26,31H,1,13,19,23,32H2/q+1. The molecule has 3 heteroatoms. The number of fused-ring (bicyclic) bond motifs is 1. The SMILES string of the molecule is C=C[N+]1(CCCC(c2ccccc2)c2ccccc2)c2ccccc2SC1c1ccccc1N. The van der Waals surface area contributed by atoms with Crippen molar-refractivity contribution in [2.75, 3.05) is 12.3 Å². The Kier molecular flexibility index (Phi) is 6.57. The number of anilines is 1. The molecule has 0 aliphatic carbocycles. The summed E-state index contributed by atoms with van der Waals surface area (Å²) in [4.78, 5) is 1.32. The molecule has 0 spiro atoms. The lowest BCUT2D eigenvalue weighted by atomic mass is 9.87. The lowest BCUT2D eigenvalue weighted by molar-refractivity contribution is 0.347. The minimum Gasteiger partial charge on any atom is -0.398 e. The number of hydrogen-bond acceptors (Lipinski definition) is 2. The van der Waals surface area contributed by atoms with Crippen LogP contribution >= 0.6 is 11.8 Å². The van der Waals surface area contributed by atoms with Crippen molar-refractivity contribution in [3.63, 3.8) is 0 Å². The minimum atomic E-state index is 0.169. The largest absolute Gasteiger partial charge is 0.398 e. The third-order valence-electron chi connectivity index (χ3n) is 6.98. The molecule has 2 atom stereocenters. The van der Waals surface area contributed by atoms with E-state index in [9.17, 15) is 0 Å². The third kappa shape index (κ3) is 4.18. The molecule has 34 heavy (non-hydrogen) atoms. The summed E-state index contributed by atoms with van der Waals surface area (Å²) in [7, 11) is 0. The van der Waals surface area contributed by atoms with Crippen molar-refractivity contribution in [2.45, 2.75) is 29.0 Å². The molecule has 2 N–H and O–H groups in total. The Balaban J connectivity index is 1.47. The smallest absolute Gasteiger partial charge is 0.177 e. The van der Waals surface area contributed by atoms with E-state index < -0.39 is 0 Å². The molecule has 0 saturated carbocycles. The maximum absolute atomic E-state index is 6.48. The van der Waals surface area contributed by atoms with Crippen LogP contribution in [0.15, 0.2) is 127 Å². The van der Waals surface area contributed by atoms with Crippen LogP contribution in [0.3, 0.4) is 0 Å². The fraction of sp³-hybridized carbons (Fsp3) is 0.161. The molecular formula is C31H31N2S+. The van der Waals surface area contributed by atoms with Gasteiger partial charge in [0.05, 0.1) is 17.6 Å². The molecule has 4 aromatic rings. The molecule has 1 heterocycles. The van der Waals surface area contributed by atoms with Gasteiger partial charge >= 0.3 is 0 Å². The average molecular weight is 464 g/mol. The molecule has 1 aliphatic rings. The molecule has 2 nitrogen and oxygen atoms in total. The number of nitrogen functional groups attached to an aromatic ring is 1. The van der Waals surface area contributed by atoms with Gasteiger partial charge < -0.3 is 5.73 Å². The van der Waals surface area contributed by atoms with Crippen LogP contribution < -0.4 is 10.2 Å². The molecule has 0 amide bonds. The zero-order valence-corrected chi connectivity index (χ0v) is 20.2. The molecule has 2 unspecified atom stereocenters. The quantitative estimate of drug-likeness (QED) is 0.211.